The fraction of sp³-hybridized carbons (Fsp3) is 0.939. The van der Waals surface area contributed by atoms with Crippen LogP contribution in [0.3, 0.4) is 0 Å². The molecule has 3 rings (SSSR count). The molecule has 0 radical (unpaired) electrons. The lowest BCUT2D eigenvalue weighted by molar-refractivity contribution is -0.121. The third-order valence-corrected chi connectivity index (χ3v) is 11.0. The van der Waals surface area contributed by atoms with Gasteiger partial charge in [-0.2, -0.15) is 0 Å². The first kappa shape index (κ1) is 36.0. The van der Waals surface area contributed by atoms with Gasteiger partial charge in [0.05, 0.1) is 51.8 Å². The van der Waals surface area contributed by atoms with Crippen molar-refractivity contribution in [3.63, 3.8) is 0 Å². The number of aliphatic hydroxyl groups excluding tert-OH is 2. The van der Waals surface area contributed by atoms with Gasteiger partial charge in [0, 0.05) is 19.5 Å². The van der Waals surface area contributed by atoms with Gasteiger partial charge in [-0.25, -0.2) is 4.79 Å². The van der Waals surface area contributed by atoms with Crippen LogP contribution in [0.2, 0.25) is 0 Å². The van der Waals surface area contributed by atoms with E-state index in [9.17, 15) is 14.7 Å². The van der Waals surface area contributed by atoms with Gasteiger partial charge in [-0.1, -0.05) is 27.2 Å². The van der Waals surface area contributed by atoms with Gasteiger partial charge in [0.1, 0.15) is 0 Å². The van der Waals surface area contributed by atoms with E-state index in [4.69, 9.17) is 24.4 Å². The zero-order valence-electron chi connectivity index (χ0n) is 26.9. The van der Waals surface area contributed by atoms with Crippen LogP contribution in [0.5, 0.6) is 0 Å². The van der Waals surface area contributed by atoms with Gasteiger partial charge in [0.15, 0.2) is 0 Å². The Labute approximate surface area is 259 Å². The van der Waals surface area contributed by atoms with Crippen LogP contribution in [0.25, 0.3) is 0 Å². The monoisotopic (exact) mass is 612 g/mol. The summed E-state index contributed by atoms with van der Waals surface area (Å²) in [6.45, 7) is 9.79. The van der Waals surface area contributed by atoms with Crippen LogP contribution in [0.4, 0.5) is 4.79 Å². The van der Waals surface area contributed by atoms with Crippen molar-refractivity contribution in [1.29, 1.82) is 0 Å². The number of carboxylic acid groups (broad SMARTS) is 1. The number of fused-ring (bicyclic) bond motifs is 1. The molecule has 0 spiro atoms. The number of rotatable bonds is 19. The van der Waals surface area contributed by atoms with Crippen LogP contribution in [0.15, 0.2) is 0 Å². The zero-order chi connectivity index (χ0) is 31.2. The Morgan fingerprint density at radius 3 is 2.40 bits per heavy atom. The number of carbonyl (C=O) groups excluding carboxylic acids is 1. The van der Waals surface area contributed by atoms with Crippen LogP contribution < -0.4 is 10.6 Å². The number of ether oxygens (including phenoxy) is 3. The summed E-state index contributed by atoms with van der Waals surface area (Å²) in [4.78, 5) is 22.9. The highest BCUT2D eigenvalue weighted by Crippen LogP contribution is 2.61. The lowest BCUT2D eigenvalue weighted by Gasteiger charge is -2.48. The van der Waals surface area contributed by atoms with Crippen molar-refractivity contribution in [1.82, 2.24) is 10.6 Å². The molecule has 0 aromatic carbocycles. The molecule has 10 nitrogen and oxygen atoms in total. The van der Waals surface area contributed by atoms with Gasteiger partial charge < -0.3 is 40.2 Å². The molecule has 3 aliphatic rings. The molecule has 250 valence electrons. The number of amides is 2. The van der Waals surface area contributed by atoms with Crippen molar-refractivity contribution >= 4 is 12.0 Å². The maximum absolute atomic E-state index is 12.5. The van der Waals surface area contributed by atoms with E-state index < -0.39 is 6.09 Å². The van der Waals surface area contributed by atoms with Gasteiger partial charge in [0.25, 0.3) is 0 Å². The summed E-state index contributed by atoms with van der Waals surface area (Å²) in [5, 5.41) is 34.5. The summed E-state index contributed by atoms with van der Waals surface area (Å²) in [7, 11) is 0. The predicted molar refractivity (Wildman–Crippen MR) is 165 cm³/mol. The fourth-order valence-corrected chi connectivity index (χ4v) is 8.70. The van der Waals surface area contributed by atoms with E-state index in [1.807, 2.05) is 0 Å². The Bertz CT molecular complexity index is 829. The fourth-order valence-electron chi connectivity index (χ4n) is 8.70. The van der Waals surface area contributed by atoms with Crippen LogP contribution >= 0.6 is 0 Å². The molecule has 3 saturated carbocycles. The maximum Gasteiger partial charge on any atom is 0.404 e. The van der Waals surface area contributed by atoms with Crippen LogP contribution in [-0.4, -0.2) is 92.3 Å². The molecule has 0 aromatic heterocycles. The van der Waals surface area contributed by atoms with Crippen LogP contribution in [0, 0.1) is 40.9 Å². The molecule has 10 heteroatoms. The SMILES string of the molecule is CC1CCC(OCCO)CC1CC(O)C1CCCC2(C)C1CCC2[C@H](C)CCC(=O)NCCOCCOCCNC(=O)O. The van der Waals surface area contributed by atoms with Gasteiger partial charge in [-0.3, -0.25) is 4.79 Å². The Balaban J connectivity index is 1.37. The van der Waals surface area contributed by atoms with E-state index in [1.54, 1.807) is 0 Å². The average molecular weight is 613 g/mol. The number of nitrogens with one attached hydrogen (secondary N) is 2. The van der Waals surface area contributed by atoms with Gasteiger partial charge in [-0.05, 0) is 98.7 Å². The summed E-state index contributed by atoms with van der Waals surface area (Å²) in [5.74, 6) is 3.08. The maximum atomic E-state index is 12.5. The lowest BCUT2D eigenvalue weighted by Crippen LogP contribution is -2.44. The molecule has 8 unspecified atom stereocenters. The van der Waals surface area contributed by atoms with Crippen LogP contribution in [0.1, 0.15) is 91.4 Å². The smallest absolute Gasteiger partial charge is 0.404 e. The highest BCUT2D eigenvalue weighted by molar-refractivity contribution is 5.75. The molecule has 0 aliphatic heterocycles. The number of hydrogen-bond acceptors (Lipinski definition) is 7. The second-order valence-electron chi connectivity index (χ2n) is 13.7. The Hall–Kier alpha value is -1.46. The van der Waals surface area contributed by atoms with E-state index in [2.05, 4.69) is 31.4 Å². The van der Waals surface area contributed by atoms with Crippen LogP contribution in [-0.2, 0) is 19.0 Å². The van der Waals surface area contributed by atoms with E-state index in [1.165, 1.54) is 25.7 Å². The van der Waals surface area contributed by atoms with Crippen molar-refractivity contribution in [3.05, 3.63) is 0 Å². The van der Waals surface area contributed by atoms with E-state index in [-0.39, 0.29) is 36.7 Å². The van der Waals surface area contributed by atoms with Crippen molar-refractivity contribution in [2.24, 2.45) is 40.9 Å². The van der Waals surface area contributed by atoms with E-state index in [0.29, 0.717) is 81.5 Å². The summed E-state index contributed by atoms with van der Waals surface area (Å²) in [6.07, 6.45) is 10.2. The predicted octanol–water partition coefficient (Wildman–Crippen LogP) is 4.22. The Morgan fingerprint density at radius 1 is 0.977 bits per heavy atom. The number of hydrogen-bond donors (Lipinski definition) is 5. The number of carbonyl (C=O) groups is 2. The second kappa shape index (κ2) is 18.5. The minimum absolute atomic E-state index is 0.0611. The van der Waals surface area contributed by atoms with Gasteiger partial charge in [0.2, 0.25) is 5.91 Å². The zero-order valence-corrected chi connectivity index (χ0v) is 26.9. The third-order valence-electron chi connectivity index (χ3n) is 11.0. The van der Waals surface area contributed by atoms with Gasteiger partial charge >= 0.3 is 6.09 Å². The highest BCUT2D eigenvalue weighted by atomic mass is 16.5. The number of aliphatic hydroxyl groups is 2. The molecular formula is C33H60N2O8. The summed E-state index contributed by atoms with van der Waals surface area (Å²) >= 11 is 0. The first-order valence-electron chi connectivity index (χ1n) is 16.9. The second-order valence-corrected chi connectivity index (χ2v) is 13.7. The van der Waals surface area contributed by atoms with E-state index >= 15 is 0 Å². The summed E-state index contributed by atoms with van der Waals surface area (Å²) in [6, 6.07) is 0. The molecule has 5 N–H and O–H groups in total. The molecule has 3 fully saturated rings. The summed E-state index contributed by atoms with van der Waals surface area (Å²) < 4.78 is 16.6. The van der Waals surface area contributed by atoms with Crippen molar-refractivity contribution < 1.29 is 39.1 Å². The normalized spacial score (nSPS) is 32.1. The minimum atomic E-state index is -1.06. The minimum Gasteiger partial charge on any atom is -0.465 e. The highest BCUT2D eigenvalue weighted by Gasteiger charge is 2.53. The lowest BCUT2D eigenvalue weighted by atomic mass is 9.57. The van der Waals surface area contributed by atoms with Gasteiger partial charge in [-0.15, -0.1) is 0 Å². The molecule has 0 heterocycles. The standard InChI is InChI=1S/C33H60N2O8/c1-23-6-8-26(43-18-15-36)21-25(23)22-30(37)27-5-4-12-33(3)28(9-10-29(27)33)24(2)7-11-31(38)34-13-16-41-19-20-42-17-14-35-32(39)40/h23-30,35-37H,4-22H2,1-3H3,(H,34,38)(H,39,40)/t23?,24-,25?,26?,27?,28?,29?,30?,33?/m1/s1. The Morgan fingerprint density at radius 2 is 1.70 bits per heavy atom. The molecule has 0 aromatic rings. The summed E-state index contributed by atoms with van der Waals surface area (Å²) in [5.41, 5.74) is 0.227. The topological polar surface area (TPSA) is 147 Å². The molecular weight excluding hydrogens is 552 g/mol. The molecule has 9 atom stereocenters. The molecule has 0 bridgehead atoms. The molecule has 3 aliphatic carbocycles. The first-order valence-corrected chi connectivity index (χ1v) is 16.9. The molecule has 0 saturated heterocycles. The van der Waals surface area contributed by atoms with E-state index in [0.717, 1.165) is 38.5 Å². The molecule has 43 heavy (non-hydrogen) atoms. The Kier molecular flexibility index (Phi) is 15.5. The van der Waals surface area contributed by atoms with Crippen molar-refractivity contribution in [2.75, 3.05) is 52.7 Å². The molecule has 2 amide bonds. The third kappa shape index (κ3) is 11.1. The van der Waals surface area contributed by atoms with Crippen molar-refractivity contribution in [3.8, 4) is 0 Å². The quantitative estimate of drug-likeness (QED) is 0.136. The average Bonchev–Trinajstić information content (AvgIpc) is 3.34. The first-order chi connectivity index (χ1) is 20.7. The van der Waals surface area contributed by atoms with Crippen molar-refractivity contribution in [2.45, 2.75) is 104 Å². The largest absolute Gasteiger partial charge is 0.465 e.